The van der Waals surface area contributed by atoms with Crippen LogP contribution in [0.5, 0.6) is 0 Å². The summed E-state index contributed by atoms with van der Waals surface area (Å²) in [6.07, 6.45) is 0. The monoisotopic (exact) mass is 725 g/mol. The number of para-hydroxylation sites is 3. The van der Waals surface area contributed by atoms with E-state index >= 15 is 0 Å². The van der Waals surface area contributed by atoms with E-state index in [9.17, 15) is 10.8 Å². The van der Waals surface area contributed by atoms with Crippen LogP contribution in [0.2, 0.25) is 0 Å². The molecule has 9 aromatic carbocycles. The smallest absolute Gasteiger partial charge is 0.138 e. The molecule has 57 heavy (non-hydrogen) atoms. The largest absolute Gasteiger partial charge is 0.307 e. The highest BCUT2D eigenvalue weighted by atomic mass is 15.1. The van der Waals surface area contributed by atoms with Crippen molar-refractivity contribution in [3.05, 3.63) is 187 Å². The molecule has 0 fully saturated rings. The standard InChI is InChI=1S/C52H31N5/c53-51(55-42-23-11-8-20-37(42)46-32-15-3-1-13-30(32)26-28-44(46)55)35-18-5-6-19-36(35)52(54)56-43-24-12-9-21-38(43)47-45(56)29-40-34-17-7-10-22-41(34)57-49-33-16-4-2-14-31(33)25-27-39(49)48(47)50(40)57/h1-29,53-54H. The van der Waals surface area contributed by atoms with Gasteiger partial charge in [0.25, 0.3) is 0 Å². The molecular formula is C52H31N5. The molecule has 2 N–H and O–H groups in total. The number of hydrogen-bond acceptors (Lipinski definition) is 2. The Labute approximate surface area is 325 Å². The number of nitrogens with zero attached hydrogens (tertiary/aromatic N) is 3. The Morgan fingerprint density at radius 2 is 0.825 bits per heavy atom. The van der Waals surface area contributed by atoms with Gasteiger partial charge < -0.3 is 4.40 Å². The highest BCUT2D eigenvalue weighted by Gasteiger charge is 2.27. The molecular weight excluding hydrogens is 695 g/mol. The minimum Gasteiger partial charge on any atom is -0.307 e. The van der Waals surface area contributed by atoms with Crippen LogP contribution in [0.25, 0.3) is 103 Å². The van der Waals surface area contributed by atoms with Gasteiger partial charge in [-0.25, -0.2) is 0 Å². The van der Waals surface area contributed by atoms with E-state index < -0.39 is 0 Å². The van der Waals surface area contributed by atoms with Gasteiger partial charge in [-0.05, 0) is 46.5 Å². The van der Waals surface area contributed by atoms with Crippen LogP contribution in [0.4, 0.5) is 0 Å². The molecule has 0 spiro atoms. The number of benzene rings is 9. The molecule has 0 bridgehead atoms. The fourth-order valence-electron chi connectivity index (χ4n) is 10.1. The Balaban J connectivity index is 1.11. The van der Waals surface area contributed by atoms with Gasteiger partial charge in [-0.3, -0.25) is 20.0 Å². The lowest BCUT2D eigenvalue weighted by atomic mass is 10.00. The van der Waals surface area contributed by atoms with Gasteiger partial charge in [0, 0.05) is 59.6 Å². The summed E-state index contributed by atoms with van der Waals surface area (Å²) in [5.41, 5.74) is 8.90. The molecule has 0 aliphatic carbocycles. The molecule has 0 aliphatic rings. The molecule has 264 valence electrons. The summed E-state index contributed by atoms with van der Waals surface area (Å²) in [4.78, 5) is 0. The summed E-state index contributed by atoms with van der Waals surface area (Å²) >= 11 is 0. The van der Waals surface area contributed by atoms with Crippen molar-refractivity contribution >= 4 is 115 Å². The second kappa shape index (κ2) is 10.9. The predicted molar refractivity (Wildman–Crippen MR) is 239 cm³/mol. The first-order valence-electron chi connectivity index (χ1n) is 19.4. The van der Waals surface area contributed by atoms with E-state index in [2.05, 4.69) is 159 Å². The first kappa shape index (κ1) is 30.6. The van der Waals surface area contributed by atoms with E-state index in [4.69, 9.17) is 0 Å². The van der Waals surface area contributed by atoms with E-state index in [0.29, 0.717) is 22.8 Å². The predicted octanol–water partition coefficient (Wildman–Crippen LogP) is 13.1. The van der Waals surface area contributed by atoms with Gasteiger partial charge in [-0.15, -0.1) is 0 Å². The Morgan fingerprint density at radius 3 is 1.53 bits per heavy atom. The maximum absolute atomic E-state index is 10.2. The van der Waals surface area contributed by atoms with Gasteiger partial charge in [-0.1, -0.05) is 146 Å². The zero-order valence-electron chi connectivity index (χ0n) is 30.6. The third-order valence-electron chi connectivity index (χ3n) is 12.4. The van der Waals surface area contributed by atoms with Gasteiger partial charge in [0.1, 0.15) is 11.7 Å². The van der Waals surface area contributed by atoms with Crippen molar-refractivity contribution in [2.45, 2.75) is 0 Å². The topological polar surface area (TPSA) is 62.0 Å². The SMILES string of the molecule is N=C(c1ccccc1C(=N)n1c2ccccc2c2c3c4ccc5ccccc5c4n4c5ccccc5c(cc21)c34)n1c2ccccc2c2c3ccccc3ccc21. The van der Waals surface area contributed by atoms with Gasteiger partial charge >= 0.3 is 0 Å². The fourth-order valence-corrected chi connectivity index (χ4v) is 10.1. The van der Waals surface area contributed by atoms with E-state index in [1.807, 2.05) is 30.3 Å². The van der Waals surface area contributed by atoms with Crippen LogP contribution < -0.4 is 0 Å². The Morgan fingerprint density at radius 1 is 0.316 bits per heavy atom. The number of fused-ring (bicyclic) bond motifs is 17. The lowest BCUT2D eigenvalue weighted by molar-refractivity contribution is 1.19. The van der Waals surface area contributed by atoms with Crippen LogP contribution in [0.3, 0.4) is 0 Å². The first-order valence-corrected chi connectivity index (χ1v) is 19.4. The zero-order chi connectivity index (χ0) is 37.5. The minimum absolute atomic E-state index is 0.333. The number of aromatic nitrogens is 3. The Bertz CT molecular complexity index is 3910. The van der Waals surface area contributed by atoms with Crippen molar-refractivity contribution in [1.29, 1.82) is 10.8 Å². The molecule has 0 aliphatic heterocycles. The van der Waals surface area contributed by atoms with Crippen LogP contribution in [0.1, 0.15) is 11.1 Å². The van der Waals surface area contributed by atoms with Crippen molar-refractivity contribution in [2.75, 3.05) is 0 Å². The van der Waals surface area contributed by atoms with Gasteiger partial charge in [-0.2, -0.15) is 0 Å². The molecule has 5 heteroatoms. The van der Waals surface area contributed by atoms with Gasteiger partial charge in [0.05, 0.1) is 38.6 Å². The van der Waals surface area contributed by atoms with Crippen LogP contribution in [0.15, 0.2) is 176 Å². The van der Waals surface area contributed by atoms with E-state index in [1.165, 1.54) is 59.6 Å². The summed E-state index contributed by atoms with van der Waals surface area (Å²) in [5, 5.41) is 34.3. The maximum atomic E-state index is 10.2. The number of nitrogens with one attached hydrogen (secondary N) is 2. The summed E-state index contributed by atoms with van der Waals surface area (Å²) in [7, 11) is 0. The normalized spacial score (nSPS) is 12.4. The molecule has 4 aromatic heterocycles. The lowest BCUT2D eigenvalue weighted by Crippen LogP contribution is -2.20. The second-order valence-electron chi connectivity index (χ2n) is 15.2. The van der Waals surface area contributed by atoms with Crippen LogP contribution in [0, 0.1) is 10.8 Å². The summed E-state index contributed by atoms with van der Waals surface area (Å²) in [6.45, 7) is 0. The Hall–Kier alpha value is -7.76. The average Bonchev–Trinajstić information content (AvgIpc) is 4.00. The van der Waals surface area contributed by atoms with Gasteiger partial charge in [0.2, 0.25) is 0 Å². The molecule has 0 unspecified atom stereocenters. The lowest BCUT2D eigenvalue weighted by Gasteiger charge is -2.16. The Kier molecular flexibility index (Phi) is 5.86. The fraction of sp³-hybridized carbons (Fsp3) is 0. The quantitative estimate of drug-likeness (QED) is 0.132. The molecule has 13 aromatic rings. The molecule has 0 saturated carbocycles. The summed E-state index contributed by atoms with van der Waals surface area (Å²) < 4.78 is 6.66. The van der Waals surface area contributed by atoms with Crippen LogP contribution in [-0.2, 0) is 0 Å². The van der Waals surface area contributed by atoms with Gasteiger partial charge in [0.15, 0.2) is 0 Å². The molecule has 4 heterocycles. The van der Waals surface area contributed by atoms with Crippen molar-refractivity contribution in [1.82, 2.24) is 13.5 Å². The van der Waals surface area contributed by atoms with Crippen molar-refractivity contribution in [3.63, 3.8) is 0 Å². The highest BCUT2D eigenvalue weighted by Crippen LogP contribution is 2.47. The zero-order valence-corrected chi connectivity index (χ0v) is 30.6. The molecule has 13 rings (SSSR count). The summed E-state index contributed by atoms with van der Waals surface area (Å²) in [5.74, 6) is 0.669. The molecule has 0 amide bonds. The van der Waals surface area contributed by atoms with E-state index in [1.54, 1.807) is 0 Å². The van der Waals surface area contributed by atoms with Crippen molar-refractivity contribution in [2.24, 2.45) is 0 Å². The average molecular weight is 726 g/mol. The third-order valence-corrected chi connectivity index (χ3v) is 12.4. The van der Waals surface area contributed by atoms with Crippen LogP contribution in [-0.4, -0.2) is 25.2 Å². The number of hydrogen-bond donors (Lipinski definition) is 2. The maximum Gasteiger partial charge on any atom is 0.138 e. The molecule has 0 radical (unpaired) electrons. The third kappa shape index (κ3) is 3.82. The molecule has 0 atom stereocenters. The molecule has 5 nitrogen and oxygen atoms in total. The van der Waals surface area contributed by atoms with E-state index in [-0.39, 0.29) is 0 Å². The number of rotatable bonds is 2. The molecule has 0 saturated heterocycles. The first-order chi connectivity index (χ1) is 28.2. The van der Waals surface area contributed by atoms with E-state index in [0.717, 1.165) is 43.6 Å². The van der Waals surface area contributed by atoms with Crippen molar-refractivity contribution < 1.29 is 0 Å². The summed E-state index contributed by atoms with van der Waals surface area (Å²) in [6, 6.07) is 61.8. The second-order valence-corrected chi connectivity index (χ2v) is 15.2. The minimum atomic E-state index is 0.333. The van der Waals surface area contributed by atoms with Crippen LogP contribution >= 0.6 is 0 Å². The van der Waals surface area contributed by atoms with Crippen molar-refractivity contribution in [3.8, 4) is 0 Å². The highest BCUT2D eigenvalue weighted by molar-refractivity contribution is 6.38.